The zero-order chi connectivity index (χ0) is 26.4. The zero-order valence-electron chi connectivity index (χ0n) is 18.6. The number of benzene rings is 1. The highest BCUT2D eigenvalue weighted by Crippen LogP contribution is 2.11. The first-order valence-corrected chi connectivity index (χ1v) is 11.6. The fourth-order valence-electron chi connectivity index (χ4n) is 2.92. The molecule has 14 heteroatoms. The van der Waals surface area contributed by atoms with Crippen LogP contribution in [0.5, 0.6) is 0 Å². The number of hydrogen-bond acceptors (Lipinski definition) is 6. The Labute approximate surface area is 214 Å². The molecule has 7 N–H and O–H groups in total. The van der Waals surface area contributed by atoms with Crippen molar-refractivity contribution in [2.24, 2.45) is 0 Å². The van der Waals surface area contributed by atoms with Crippen LogP contribution in [0.2, 0.25) is 0 Å². The van der Waals surface area contributed by atoms with Crippen LogP contribution in [0.1, 0.15) is 38.5 Å². The van der Waals surface area contributed by atoms with E-state index in [1.165, 1.54) is 0 Å². The lowest BCUT2D eigenvalue weighted by atomic mass is 10.1. The van der Waals surface area contributed by atoms with Crippen molar-refractivity contribution in [1.82, 2.24) is 16.0 Å². The van der Waals surface area contributed by atoms with Gasteiger partial charge < -0.3 is 36.6 Å². The minimum Gasteiger partial charge on any atom is -0.481 e. The summed E-state index contributed by atoms with van der Waals surface area (Å²) in [6.07, 6.45) is -0.479. The number of carboxylic acids is 3. The van der Waals surface area contributed by atoms with Gasteiger partial charge in [0.2, 0.25) is 0 Å². The molecule has 0 aromatic heterocycles. The van der Waals surface area contributed by atoms with Gasteiger partial charge in [0, 0.05) is 28.3 Å². The van der Waals surface area contributed by atoms with Gasteiger partial charge in [-0.05, 0) is 72.5 Å². The Hall–Kier alpha value is -3.43. The van der Waals surface area contributed by atoms with Crippen LogP contribution in [0.15, 0.2) is 24.3 Å². The molecule has 0 aliphatic heterocycles. The quantitative estimate of drug-likeness (QED) is 0.0877. The number of amides is 4. The topological polar surface area (TPSA) is 211 Å². The highest BCUT2D eigenvalue weighted by molar-refractivity contribution is 14.1. The first-order chi connectivity index (χ1) is 16.5. The summed E-state index contributed by atoms with van der Waals surface area (Å²) in [5.41, 5.74) is 0.606. The first kappa shape index (κ1) is 29.6. The van der Waals surface area contributed by atoms with Crippen LogP contribution in [-0.2, 0) is 19.2 Å². The van der Waals surface area contributed by atoms with Crippen LogP contribution in [0.4, 0.5) is 15.3 Å². The number of carbonyl (C=O) groups excluding carboxylic acids is 3. The number of rotatable bonds is 15. The van der Waals surface area contributed by atoms with E-state index in [0.29, 0.717) is 12.1 Å². The minimum atomic E-state index is -1.75. The van der Waals surface area contributed by atoms with Gasteiger partial charge >= 0.3 is 30.0 Å². The second-order valence-electron chi connectivity index (χ2n) is 7.45. The van der Waals surface area contributed by atoms with Gasteiger partial charge in [-0.3, -0.25) is 14.4 Å². The van der Waals surface area contributed by atoms with Crippen molar-refractivity contribution in [2.45, 2.75) is 50.6 Å². The lowest BCUT2D eigenvalue weighted by Gasteiger charge is -2.20. The molecule has 13 nitrogen and oxygen atoms in total. The molecule has 1 aromatic rings. The summed E-state index contributed by atoms with van der Waals surface area (Å²) in [5, 5.41) is 36.4. The summed E-state index contributed by atoms with van der Waals surface area (Å²) in [6, 6.07) is 3.29. The molecule has 0 unspecified atom stereocenters. The van der Waals surface area contributed by atoms with E-state index < -0.39 is 54.3 Å². The van der Waals surface area contributed by atoms with E-state index in [2.05, 4.69) is 43.9 Å². The van der Waals surface area contributed by atoms with Gasteiger partial charge in [-0.25, -0.2) is 14.4 Å². The van der Waals surface area contributed by atoms with Gasteiger partial charge in [-0.2, -0.15) is 0 Å². The number of nitrogens with one attached hydrogen (secondary N) is 4. The van der Waals surface area contributed by atoms with Gasteiger partial charge in [0.05, 0.1) is 6.42 Å². The molecule has 0 fully saturated rings. The van der Waals surface area contributed by atoms with Crippen molar-refractivity contribution in [3.8, 4) is 0 Å². The van der Waals surface area contributed by atoms with Crippen LogP contribution in [0.25, 0.3) is 0 Å². The van der Waals surface area contributed by atoms with Gasteiger partial charge in [-0.1, -0.05) is 0 Å². The third-order valence-electron chi connectivity index (χ3n) is 4.60. The summed E-state index contributed by atoms with van der Waals surface area (Å²) in [6.45, 7) is 0.228. The Morgan fingerprint density at radius 2 is 1.49 bits per heavy atom. The van der Waals surface area contributed by atoms with Crippen molar-refractivity contribution in [2.75, 3.05) is 11.9 Å². The Morgan fingerprint density at radius 3 is 2.06 bits per heavy atom. The number of unbranched alkanes of at least 4 members (excludes halogenated alkanes) is 1. The molecule has 0 heterocycles. The predicted octanol–water partition coefficient (Wildman–Crippen LogP) is 1.61. The number of carbonyl (C=O) groups is 6. The van der Waals surface area contributed by atoms with Crippen molar-refractivity contribution in [1.29, 1.82) is 0 Å². The molecule has 0 spiro atoms. The second-order valence-corrected chi connectivity index (χ2v) is 8.70. The molecule has 4 amide bonds. The number of carboxylic acid groups (broad SMARTS) is 3. The minimum absolute atomic E-state index is 0.0440. The number of Topliss-reactive ketones (excluding diaryl/α,β-unsaturated/α-hetero) is 1. The molecular weight excluding hydrogens is 579 g/mol. The van der Waals surface area contributed by atoms with E-state index >= 15 is 0 Å². The second kappa shape index (κ2) is 15.5. The Balaban J connectivity index is 2.52. The molecule has 0 aliphatic carbocycles. The number of ketones is 1. The van der Waals surface area contributed by atoms with Crippen molar-refractivity contribution >= 4 is 64.0 Å². The number of urea groups is 2. The average molecular weight is 606 g/mol. The summed E-state index contributed by atoms with van der Waals surface area (Å²) < 4.78 is 1.01. The molecule has 0 radical (unpaired) electrons. The number of halogens is 1. The summed E-state index contributed by atoms with van der Waals surface area (Å²) in [7, 11) is 0. The van der Waals surface area contributed by atoms with E-state index in [0.717, 1.165) is 3.57 Å². The lowest BCUT2D eigenvalue weighted by Crippen LogP contribution is -2.51. The molecule has 0 saturated carbocycles. The maximum atomic E-state index is 12.2. The van der Waals surface area contributed by atoms with Crippen molar-refractivity contribution in [3.63, 3.8) is 0 Å². The molecule has 192 valence electrons. The number of anilines is 1. The molecule has 0 aliphatic rings. The monoisotopic (exact) mass is 606 g/mol. The normalized spacial score (nSPS) is 12.0. The Morgan fingerprint density at radius 1 is 0.829 bits per heavy atom. The maximum Gasteiger partial charge on any atom is 0.374 e. The van der Waals surface area contributed by atoms with Crippen LogP contribution >= 0.6 is 22.6 Å². The van der Waals surface area contributed by atoms with E-state index in [1.54, 1.807) is 12.1 Å². The van der Waals surface area contributed by atoms with Crippen molar-refractivity contribution < 1.29 is 44.1 Å². The van der Waals surface area contributed by atoms with Crippen molar-refractivity contribution in [3.05, 3.63) is 27.8 Å². The van der Waals surface area contributed by atoms with E-state index in [9.17, 15) is 28.8 Å². The fourth-order valence-corrected chi connectivity index (χ4v) is 3.28. The van der Waals surface area contributed by atoms with Gasteiger partial charge in [0.1, 0.15) is 6.04 Å². The highest BCUT2D eigenvalue weighted by atomic mass is 127. The van der Waals surface area contributed by atoms with E-state index in [1.807, 2.05) is 12.1 Å². The largest absolute Gasteiger partial charge is 0.481 e. The predicted molar refractivity (Wildman–Crippen MR) is 131 cm³/mol. The number of hydrogen-bond donors (Lipinski definition) is 7. The summed E-state index contributed by atoms with van der Waals surface area (Å²) in [5.74, 6) is -5.46. The van der Waals surface area contributed by atoms with Gasteiger partial charge in [-0.15, -0.1) is 0 Å². The first-order valence-electron chi connectivity index (χ1n) is 10.6. The van der Waals surface area contributed by atoms with Crippen LogP contribution in [0.3, 0.4) is 0 Å². The standard InChI is InChI=1S/C21H27IN4O9/c22-12-4-6-13(7-5-12)24-20(34)23-10-2-1-3-15(18(31)19(32)33)26-21(35)25-14(11-17(29)30)8-9-16(27)28/h4-7,14-15H,1-3,8-11H2,(H,27,28)(H,29,30)(H,32,33)(H2,23,24,34)(H2,25,26,35)/t14-,15-/m0/s1. The average Bonchev–Trinajstić information content (AvgIpc) is 2.77. The molecule has 2 atom stereocenters. The maximum absolute atomic E-state index is 12.2. The van der Waals surface area contributed by atoms with Crippen LogP contribution in [-0.4, -0.2) is 69.7 Å². The SMILES string of the molecule is O=C(O)CC[C@@H](CC(=O)O)NC(=O)N[C@@H](CCCCNC(=O)Nc1ccc(I)cc1)C(=O)C(=O)O. The summed E-state index contributed by atoms with van der Waals surface area (Å²) >= 11 is 2.13. The zero-order valence-corrected chi connectivity index (χ0v) is 20.7. The molecule has 35 heavy (non-hydrogen) atoms. The molecular formula is C21H27IN4O9. The Bertz CT molecular complexity index is 924. The third kappa shape index (κ3) is 13.1. The third-order valence-corrected chi connectivity index (χ3v) is 5.32. The smallest absolute Gasteiger partial charge is 0.374 e. The van der Waals surface area contributed by atoms with Gasteiger partial charge in [0.15, 0.2) is 0 Å². The molecule has 0 saturated heterocycles. The van der Waals surface area contributed by atoms with E-state index in [-0.39, 0.29) is 32.2 Å². The lowest BCUT2D eigenvalue weighted by molar-refractivity contribution is -0.150. The van der Waals surface area contributed by atoms with Crippen LogP contribution in [0, 0.1) is 3.57 Å². The summed E-state index contributed by atoms with van der Waals surface area (Å²) in [4.78, 5) is 68.9. The van der Waals surface area contributed by atoms with Gasteiger partial charge in [0.25, 0.3) is 5.78 Å². The van der Waals surface area contributed by atoms with E-state index in [4.69, 9.17) is 15.3 Å². The highest BCUT2D eigenvalue weighted by Gasteiger charge is 2.27. The van der Waals surface area contributed by atoms with Crippen LogP contribution < -0.4 is 21.3 Å². The molecule has 1 rings (SSSR count). The molecule has 0 bridgehead atoms. The molecule has 1 aromatic carbocycles. The number of aliphatic carboxylic acids is 3. The Kier molecular flexibility index (Phi) is 13.1. The fraction of sp³-hybridized carbons (Fsp3) is 0.429.